The molecule has 2 aromatic carbocycles. The average molecular weight is 252 g/mol. The molecule has 0 spiro atoms. The molecule has 0 saturated carbocycles. The monoisotopic (exact) mass is 252 g/mol. The summed E-state index contributed by atoms with van der Waals surface area (Å²) < 4.78 is 0. The van der Waals surface area contributed by atoms with Crippen LogP contribution in [0.2, 0.25) is 0 Å². The first-order valence-corrected chi connectivity index (χ1v) is 5.98. The van der Waals surface area contributed by atoms with Crippen molar-refractivity contribution in [3.05, 3.63) is 58.7 Å². The van der Waals surface area contributed by atoms with Crippen molar-refractivity contribution in [2.24, 2.45) is 0 Å². The van der Waals surface area contributed by atoms with Gasteiger partial charge < -0.3 is 15.0 Å². The molecule has 94 valence electrons. The molecule has 0 aromatic heterocycles. The zero-order valence-corrected chi connectivity index (χ0v) is 10.1. The highest BCUT2D eigenvalue weighted by Crippen LogP contribution is 2.35. The van der Waals surface area contributed by atoms with E-state index in [9.17, 15) is 15.0 Å². The second-order valence-electron chi connectivity index (χ2n) is 4.57. The van der Waals surface area contributed by atoms with Crippen LogP contribution in [0.3, 0.4) is 0 Å². The third kappa shape index (κ3) is 1.89. The summed E-state index contributed by atoms with van der Waals surface area (Å²) >= 11 is 0. The number of hydrogen-bond acceptors (Lipinski definition) is 3. The minimum absolute atomic E-state index is 0.168. The maximum absolute atomic E-state index is 11.5. The summed E-state index contributed by atoms with van der Waals surface area (Å²) in [5, 5.41) is 19.1. The molecule has 0 unspecified atom stereocenters. The Morgan fingerprint density at radius 1 is 0.842 bits per heavy atom. The lowest BCUT2D eigenvalue weighted by Crippen LogP contribution is -2.04. The van der Waals surface area contributed by atoms with E-state index in [1.807, 2.05) is 12.2 Å². The van der Waals surface area contributed by atoms with Crippen LogP contribution in [0.25, 0.3) is 12.2 Å². The van der Waals surface area contributed by atoms with E-state index >= 15 is 0 Å². The van der Waals surface area contributed by atoms with Crippen LogP contribution in [-0.2, 0) is 4.79 Å². The van der Waals surface area contributed by atoms with Gasteiger partial charge in [0.1, 0.15) is 17.8 Å². The Kier molecular flexibility index (Phi) is 2.60. The predicted octanol–water partition coefficient (Wildman–Crippen LogP) is 2.91. The topological polar surface area (TPSA) is 57.5 Å². The molecule has 1 aliphatic carbocycles. The van der Waals surface area contributed by atoms with Gasteiger partial charge in [-0.05, 0) is 46.5 Å². The van der Waals surface area contributed by atoms with Gasteiger partial charge in [-0.2, -0.15) is 0 Å². The van der Waals surface area contributed by atoms with Gasteiger partial charge in [0.2, 0.25) is 0 Å². The van der Waals surface area contributed by atoms with E-state index in [1.54, 1.807) is 36.4 Å². The third-order valence-corrected chi connectivity index (χ3v) is 3.39. The lowest BCUT2D eigenvalue weighted by Gasteiger charge is -2.14. The van der Waals surface area contributed by atoms with Crippen molar-refractivity contribution < 1.29 is 15.0 Å². The van der Waals surface area contributed by atoms with Gasteiger partial charge in [-0.1, -0.05) is 24.3 Å². The van der Waals surface area contributed by atoms with Crippen molar-refractivity contribution in [3.63, 3.8) is 0 Å². The van der Waals surface area contributed by atoms with Crippen molar-refractivity contribution in [2.75, 3.05) is 0 Å². The minimum atomic E-state index is -0.388. The maximum Gasteiger partial charge on any atom is 0.131 e. The van der Waals surface area contributed by atoms with E-state index < -0.39 is 0 Å². The van der Waals surface area contributed by atoms with Crippen molar-refractivity contribution in [3.8, 4) is 11.5 Å². The molecule has 0 radical (unpaired) electrons. The van der Waals surface area contributed by atoms with Crippen LogP contribution in [0, 0.1) is 0 Å². The first-order valence-electron chi connectivity index (χ1n) is 5.98. The number of phenols is 2. The van der Waals surface area contributed by atoms with Crippen molar-refractivity contribution in [1.29, 1.82) is 0 Å². The highest BCUT2D eigenvalue weighted by molar-refractivity contribution is 5.83. The first kappa shape index (κ1) is 11.5. The molecule has 2 aromatic rings. The highest BCUT2D eigenvalue weighted by Gasteiger charge is 2.21. The normalized spacial score (nSPS) is 13.5. The van der Waals surface area contributed by atoms with Crippen LogP contribution in [0.4, 0.5) is 0 Å². The molecule has 0 saturated heterocycles. The van der Waals surface area contributed by atoms with Gasteiger partial charge in [-0.25, -0.2) is 0 Å². The second-order valence-corrected chi connectivity index (χ2v) is 4.57. The molecule has 0 amide bonds. The SMILES string of the molecule is O=CC1c2ccc(O)cc2C=Cc2cc(O)ccc21. The average Bonchev–Trinajstić information content (AvgIpc) is 2.54. The number of fused-ring (bicyclic) bond motifs is 2. The molecule has 0 aliphatic heterocycles. The zero-order chi connectivity index (χ0) is 13.4. The minimum Gasteiger partial charge on any atom is -0.508 e. The number of aldehydes is 1. The van der Waals surface area contributed by atoms with Crippen LogP contribution >= 0.6 is 0 Å². The predicted molar refractivity (Wildman–Crippen MR) is 73.0 cm³/mol. The number of rotatable bonds is 1. The Bertz CT molecular complexity index is 631. The lowest BCUT2D eigenvalue weighted by molar-refractivity contribution is -0.108. The Balaban J connectivity index is 2.27. The van der Waals surface area contributed by atoms with E-state index in [4.69, 9.17) is 0 Å². The Labute approximate surface area is 110 Å². The van der Waals surface area contributed by atoms with Crippen LogP contribution in [-0.4, -0.2) is 16.5 Å². The second kappa shape index (κ2) is 4.28. The molecule has 3 nitrogen and oxygen atoms in total. The summed E-state index contributed by atoms with van der Waals surface area (Å²) in [4.78, 5) is 11.5. The molecular formula is C16H12O3. The summed E-state index contributed by atoms with van der Waals surface area (Å²) in [6.45, 7) is 0. The van der Waals surface area contributed by atoms with Crippen LogP contribution in [0.1, 0.15) is 28.2 Å². The van der Waals surface area contributed by atoms with Gasteiger partial charge in [0.15, 0.2) is 0 Å². The Morgan fingerprint density at radius 2 is 1.32 bits per heavy atom. The van der Waals surface area contributed by atoms with E-state index in [0.29, 0.717) is 0 Å². The van der Waals surface area contributed by atoms with E-state index in [0.717, 1.165) is 28.5 Å². The van der Waals surface area contributed by atoms with Crippen molar-refractivity contribution >= 4 is 18.4 Å². The fraction of sp³-hybridized carbons (Fsp3) is 0.0625. The Hall–Kier alpha value is -2.55. The van der Waals surface area contributed by atoms with Gasteiger partial charge in [0.05, 0.1) is 5.92 Å². The summed E-state index contributed by atoms with van der Waals surface area (Å²) in [5.74, 6) is -0.0510. The summed E-state index contributed by atoms with van der Waals surface area (Å²) in [6.07, 6.45) is 4.58. The molecule has 1 aliphatic rings. The third-order valence-electron chi connectivity index (χ3n) is 3.39. The number of aromatic hydroxyl groups is 2. The van der Waals surface area contributed by atoms with E-state index in [-0.39, 0.29) is 17.4 Å². The number of phenolic OH excluding ortho intramolecular Hbond substituents is 2. The molecular weight excluding hydrogens is 240 g/mol. The van der Waals surface area contributed by atoms with Crippen LogP contribution in [0.15, 0.2) is 36.4 Å². The molecule has 0 bridgehead atoms. The number of carbonyl (C=O) groups excluding carboxylic acids is 1. The van der Waals surface area contributed by atoms with E-state index in [1.165, 1.54) is 0 Å². The molecule has 0 atom stereocenters. The molecule has 3 rings (SSSR count). The smallest absolute Gasteiger partial charge is 0.131 e. The molecule has 2 N–H and O–H groups in total. The molecule has 3 heteroatoms. The van der Waals surface area contributed by atoms with Crippen molar-refractivity contribution in [2.45, 2.75) is 5.92 Å². The number of benzene rings is 2. The quantitative estimate of drug-likeness (QED) is 0.767. The molecule has 0 fully saturated rings. The summed E-state index contributed by atoms with van der Waals surface area (Å²) in [6, 6.07) is 9.94. The lowest BCUT2D eigenvalue weighted by atomic mass is 9.89. The summed E-state index contributed by atoms with van der Waals surface area (Å²) in [5.41, 5.74) is 3.34. The fourth-order valence-corrected chi connectivity index (χ4v) is 2.47. The standard InChI is InChI=1S/C16H12O3/c17-9-16-14-5-3-12(18)7-10(14)1-2-11-8-13(19)4-6-15(11)16/h1-9,16,18-19H. The van der Waals surface area contributed by atoms with Gasteiger partial charge in [-0.3, -0.25) is 0 Å². The number of carbonyl (C=O) groups is 1. The first-order chi connectivity index (χ1) is 9.19. The summed E-state index contributed by atoms with van der Waals surface area (Å²) in [7, 11) is 0. The largest absolute Gasteiger partial charge is 0.508 e. The molecule has 0 heterocycles. The fourth-order valence-electron chi connectivity index (χ4n) is 2.47. The van der Waals surface area contributed by atoms with Crippen LogP contribution < -0.4 is 0 Å². The van der Waals surface area contributed by atoms with Gasteiger partial charge in [-0.15, -0.1) is 0 Å². The van der Waals surface area contributed by atoms with Crippen molar-refractivity contribution in [1.82, 2.24) is 0 Å². The van der Waals surface area contributed by atoms with Crippen LogP contribution in [0.5, 0.6) is 11.5 Å². The zero-order valence-electron chi connectivity index (χ0n) is 10.1. The van der Waals surface area contributed by atoms with Gasteiger partial charge >= 0.3 is 0 Å². The van der Waals surface area contributed by atoms with Gasteiger partial charge in [0, 0.05) is 0 Å². The highest BCUT2D eigenvalue weighted by atomic mass is 16.3. The Morgan fingerprint density at radius 3 is 1.74 bits per heavy atom. The van der Waals surface area contributed by atoms with E-state index in [2.05, 4.69) is 0 Å². The number of hydrogen-bond donors (Lipinski definition) is 2. The molecule has 19 heavy (non-hydrogen) atoms. The maximum atomic E-state index is 11.5. The van der Waals surface area contributed by atoms with Gasteiger partial charge in [0.25, 0.3) is 0 Å².